The Bertz CT molecular complexity index is 536. The van der Waals surface area contributed by atoms with Crippen molar-refractivity contribution in [2.24, 2.45) is 5.92 Å². The Balaban J connectivity index is 1.58. The van der Waals surface area contributed by atoms with Crippen LogP contribution < -0.4 is 0 Å². The zero-order chi connectivity index (χ0) is 13.8. The lowest BCUT2D eigenvalue weighted by Gasteiger charge is -2.32. The van der Waals surface area contributed by atoms with Gasteiger partial charge >= 0.3 is 0 Å². The summed E-state index contributed by atoms with van der Waals surface area (Å²) in [6.45, 7) is 5.33. The number of nitrogens with one attached hydrogen (secondary N) is 1. The molecule has 1 atom stereocenters. The Labute approximate surface area is 119 Å². The van der Waals surface area contributed by atoms with Gasteiger partial charge in [0.25, 0.3) is 0 Å². The second-order valence-corrected chi connectivity index (χ2v) is 5.68. The lowest BCUT2D eigenvalue weighted by molar-refractivity contribution is 0.164. The highest BCUT2D eigenvalue weighted by Crippen LogP contribution is 2.22. The summed E-state index contributed by atoms with van der Waals surface area (Å²) in [5.41, 5.74) is 3.62. The molecular formula is C15H21N5. The zero-order valence-electron chi connectivity index (χ0n) is 11.9. The van der Waals surface area contributed by atoms with E-state index in [1.807, 2.05) is 12.4 Å². The molecule has 1 aliphatic heterocycles. The highest BCUT2D eigenvalue weighted by Gasteiger charge is 2.21. The number of likely N-dealkylation sites (tertiary alicyclic amines) is 1. The molecular weight excluding hydrogens is 250 g/mol. The van der Waals surface area contributed by atoms with Crippen molar-refractivity contribution in [3.05, 3.63) is 41.7 Å². The van der Waals surface area contributed by atoms with Crippen molar-refractivity contribution in [3.63, 3.8) is 0 Å². The molecule has 1 fully saturated rings. The maximum absolute atomic E-state index is 4.37. The van der Waals surface area contributed by atoms with Gasteiger partial charge in [-0.2, -0.15) is 5.10 Å². The van der Waals surface area contributed by atoms with Crippen molar-refractivity contribution >= 4 is 0 Å². The minimum atomic E-state index is 0.708. The third kappa shape index (κ3) is 3.22. The second kappa shape index (κ2) is 6.13. The predicted molar refractivity (Wildman–Crippen MR) is 77.1 cm³/mol. The van der Waals surface area contributed by atoms with Crippen LogP contribution in [0.4, 0.5) is 0 Å². The Morgan fingerprint density at radius 3 is 3.05 bits per heavy atom. The van der Waals surface area contributed by atoms with Gasteiger partial charge in [-0.1, -0.05) is 0 Å². The fourth-order valence-electron chi connectivity index (χ4n) is 2.97. The van der Waals surface area contributed by atoms with Crippen LogP contribution in [-0.2, 0) is 13.0 Å². The van der Waals surface area contributed by atoms with Crippen molar-refractivity contribution in [3.8, 4) is 0 Å². The highest BCUT2D eigenvalue weighted by molar-refractivity contribution is 5.14. The van der Waals surface area contributed by atoms with Crippen LogP contribution in [0.5, 0.6) is 0 Å². The number of aromatic amines is 1. The molecule has 1 aliphatic rings. The fourth-order valence-corrected chi connectivity index (χ4v) is 2.97. The van der Waals surface area contributed by atoms with Crippen LogP contribution in [0, 0.1) is 12.8 Å². The molecule has 5 nitrogen and oxygen atoms in total. The van der Waals surface area contributed by atoms with Gasteiger partial charge in [0.05, 0.1) is 11.9 Å². The zero-order valence-corrected chi connectivity index (χ0v) is 11.9. The third-order valence-corrected chi connectivity index (χ3v) is 4.03. The molecule has 5 heteroatoms. The summed E-state index contributed by atoms with van der Waals surface area (Å²) in [6, 6.07) is 0. The summed E-state index contributed by atoms with van der Waals surface area (Å²) >= 11 is 0. The number of aryl methyl sites for hydroxylation is 1. The SMILES string of the molecule is Cc1cn[nH]c1CC1CCCN(Cc2cnccn2)C1. The van der Waals surface area contributed by atoms with Crippen LogP contribution in [0.2, 0.25) is 0 Å². The normalized spacial score (nSPS) is 20.1. The summed E-state index contributed by atoms with van der Waals surface area (Å²) in [5, 5.41) is 7.24. The number of aromatic nitrogens is 4. The summed E-state index contributed by atoms with van der Waals surface area (Å²) < 4.78 is 0. The van der Waals surface area contributed by atoms with Gasteiger partial charge in [0, 0.05) is 37.4 Å². The van der Waals surface area contributed by atoms with Crippen LogP contribution in [0.15, 0.2) is 24.8 Å². The molecule has 0 amide bonds. The van der Waals surface area contributed by atoms with Crippen molar-refractivity contribution in [1.82, 2.24) is 25.1 Å². The van der Waals surface area contributed by atoms with E-state index in [-0.39, 0.29) is 0 Å². The van der Waals surface area contributed by atoms with Gasteiger partial charge in [0.2, 0.25) is 0 Å². The van der Waals surface area contributed by atoms with Gasteiger partial charge in [0.15, 0.2) is 0 Å². The maximum atomic E-state index is 4.37. The molecule has 106 valence electrons. The first-order chi connectivity index (χ1) is 9.81. The number of piperidine rings is 1. The number of hydrogen-bond acceptors (Lipinski definition) is 4. The minimum absolute atomic E-state index is 0.708. The maximum Gasteiger partial charge on any atom is 0.0726 e. The summed E-state index contributed by atoms with van der Waals surface area (Å²) in [4.78, 5) is 11.0. The van der Waals surface area contributed by atoms with Gasteiger partial charge in [-0.3, -0.25) is 20.0 Å². The molecule has 3 heterocycles. The number of H-pyrrole nitrogens is 1. The molecule has 1 unspecified atom stereocenters. The Morgan fingerprint density at radius 2 is 2.30 bits per heavy atom. The summed E-state index contributed by atoms with van der Waals surface area (Å²) in [5.74, 6) is 0.708. The van der Waals surface area contributed by atoms with E-state index in [1.54, 1.807) is 12.4 Å². The van der Waals surface area contributed by atoms with Gasteiger partial charge in [-0.25, -0.2) is 0 Å². The summed E-state index contributed by atoms with van der Waals surface area (Å²) in [6.07, 6.45) is 10.9. The van der Waals surface area contributed by atoms with Gasteiger partial charge in [0.1, 0.15) is 0 Å². The van der Waals surface area contributed by atoms with E-state index in [1.165, 1.54) is 24.1 Å². The van der Waals surface area contributed by atoms with Crippen LogP contribution in [-0.4, -0.2) is 38.2 Å². The quantitative estimate of drug-likeness (QED) is 0.923. The van der Waals surface area contributed by atoms with E-state index in [2.05, 4.69) is 32.0 Å². The predicted octanol–water partition coefficient (Wildman–Crippen LogP) is 1.96. The molecule has 0 aromatic carbocycles. The van der Waals surface area contributed by atoms with Crippen molar-refractivity contribution in [2.45, 2.75) is 32.7 Å². The Hall–Kier alpha value is -1.75. The summed E-state index contributed by atoms with van der Waals surface area (Å²) in [7, 11) is 0. The molecule has 2 aromatic heterocycles. The van der Waals surface area contributed by atoms with Gasteiger partial charge in [-0.05, 0) is 44.2 Å². The average Bonchev–Trinajstić information content (AvgIpc) is 2.86. The molecule has 0 saturated carbocycles. The average molecular weight is 271 g/mol. The smallest absolute Gasteiger partial charge is 0.0726 e. The van der Waals surface area contributed by atoms with Gasteiger partial charge < -0.3 is 0 Å². The Morgan fingerprint density at radius 1 is 1.35 bits per heavy atom. The lowest BCUT2D eigenvalue weighted by atomic mass is 9.92. The lowest BCUT2D eigenvalue weighted by Crippen LogP contribution is -2.36. The number of nitrogens with zero attached hydrogens (tertiary/aromatic N) is 4. The molecule has 0 bridgehead atoms. The first-order valence-corrected chi connectivity index (χ1v) is 7.27. The van der Waals surface area contributed by atoms with Crippen LogP contribution in [0.25, 0.3) is 0 Å². The highest BCUT2D eigenvalue weighted by atomic mass is 15.1. The molecule has 20 heavy (non-hydrogen) atoms. The van der Waals surface area contributed by atoms with E-state index in [0.717, 1.165) is 31.7 Å². The Kier molecular flexibility index (Phi) is 4.06. The molecule has 0 spiro atoms. The van der Waals surface area contributed by atoms with Crippen molar-refractivity contribution < 1.29 is 0 Å². The fraction of sp³-hybridized carbons (Fsp3) is 0.533. The second-order valence-electron chi connectivity index (χ2n) is 5.68. The van der Waals surface area contributed by atoms with E-state index in [0.29, 0.717) is 5.92 Å². The van der Waals surface area contributed by atoms with E-state index in [9.17, 15) is 0 Å². The van der Waals surface area contributed by atoms with Crippen molar-refractivity contribution in [1.29, 1.82) is 0 Å². The molecule has 0 aliphatic carbocycles. The first kappa shape index (κ1) is 13.2. The molecule has 0 radical (unpaired) electrons. The standard InChI is InChI=1S/C15H21N5/c1-12-8-18-19-15(12)7-13-3-2-6-20(10-13)11-14-9-16-4-5-17-14/h4-5,8-9,13H,2-3,6-7,10-11H2,1H3,(H,18,19). The molecule has 1 N–H and O–H groups in total. The molecule has 2 aromatic rings. The van der Waals surface area contributed by atoms with Gasteiger partial charge in [-0.15, -0.1) is 0 Å². The van der Waals surface area contributed by atoms with E-state index < -0.39 is 0 Å². The number of hydrogen-bond donors (Lipinski definition) is 1. The third-order valence-electron chi connectivity index (χ3n) is 4.03. The van der Waals surface area contributed by atoms with Crippen molar-refractivity contribution in [2.75, 3.05) is 13.1 Å². The largest absolute Gasteiger partial charge is 0.297 e. The molecule has 1 saturated heterocycles. The number of rotatable bonds is 4. The van der Waals surface area contributed by atoms with Crippen LogP contribution >= 0.6 is 0 Å². The minimum Gasteiger partial charge on any atom is -0.297 e. The monoisotopic (exact) mass is 271 g/mol. The molecule has 3 rings (SSSR count). The van der Waals surface area contributed by atoms with Crippen LogP contribution in [0.1, 0.15) is 29.8 Å². The van der Waals surface area contributed by atoms with E-state index in [4.69, 9.17) is 0 Å². The topological polar surface area (TPSA) is 57.7 Å². The van der Waals surface area contributed by atoms with E-state index >= 15 is 0 Å². The van der Waals surface area contributed by atoms with Crippen LogP contribution in [0.3, 0.4) is 0 Å². The first-order valence-electron chi connectivity index (χ1n) is 7.27.